The third kappa shape index (κ3) is 3.87. The molecule has 0 bridgehead atoms. The van der Waals surface area contributed by atoms with Gasteiger partial charge in [-0.3, -0.25) is 4.79 Å². The van der Waals surface area contributed by atoms with E-state index in [1.54, 1.807) is 24.3 Å². The number of nitrogens with zero attached hydrogens (tertiary/aromatic N) is 1. The van der Waals surface area contributed by atoms with E-state index < -0.39 is 21.8 Å². The summed E-state index contributed by atoms with van der Waals surface area (Å²) >= 11 is 0. The highest BCUT2D eigenvalue weighted by molar-refractivity contribution is 7.90. The van der Waals surface area contributed by atoms with Crippen LogP contribution in [0, 0.1) is 0 Å². The fourth-order valence-corrected chi connectivity index (χ4v) is 2.26. The van der Waals surface area contributed by atoms with Gasteiger partial charge in [0.1, 0.15) is 6.04 Å². The Labute approximate surface area is 122 Å². The zero-order valence-electron chi connectivity index (χ0n) is 11.4. The summed E-state index contributed by atoms with van der Waals surface area (Å²) in [6.07, 6.45) is 2.35. The molecule has 110 valence electrons. The summed E-state index contributed by atoms with van der Waals surface area (Å²) in [6.45, 7) is 0. The van der Waals surface area contributed by atoms with E-state index in [0.29, 0.717) is 11.3 Å². The average Bonchev–Trinajstić information content (AvgIpc) is 2.47. The maximum atomic E-state index is 12.0. The lowest BCUT2D eigenvalue weighted by Crippen LogP contribution is -2.27. The molecule has 0 radical (unpaired) electrons. The van der Waals surface area contributed by atoms with Crippen molar-refractivity contribution in [2.24, 2.45) is 5.73 Å². The number of hydrogen-bond acceptors (Lipinski definition) is 5. The van der Waals surface area contributed by atoms with Crippen LogP contribution in [-0.2, 0) is 14.6 Å². The predicted octanol–water partition coefficient (Wildman–Crippen LogP) is 1.12. The van der Waals surface area contributed by atoms with Crippen molar-refractivity contribution in [1.29, 1.82) is 0 Å². The number of rotatable bonds is 4. The number of hydrogen-bond donors (Lipinski definition) is 2. The molecule has 0 saturated carbocycles. The average molecular weight is 305 g/mol. The van der Waals surface area contributed by atoms with E-state index >= 15 is 0 Å². The Hall–Kier alpha value is -2.25. The zero-order chi connectivity index (χ0) is 15.5. The molecule has 0 aliphatic heterocycles. The van der Waals surface area contributed by atoms with Gasteiger partial charge >= 0.3 is 0 Å². The van der Waals surface area contributed by atoms with Gasteiger partial charge in [0.05, 0.1) is 11.9 Å². The third-order valence-electron chi connectivity index (χ3n) is 2.82. The molecule has 2 aromatic rings. The van der Waals surface area contributed by atoms with Crippen molar-refractivity contribution in [3.63, 3.8) is 0 Å². The number of benzene rings is 1. The minimum absolute atomic E-state index is 0.0483. The SMILES string of the molecule is CS(=O)(=O)c1ccc(NC(=O)C(N)c2ccccc2)cn1. The highest BCUT2D eigenvalue weighted by Crippen LogP contribution is 2.14. The molecular weight excluding hydrogens is 290 g/mol. The number of anilines is 1. The first-order valence-electron chi connectivity index (χ1n) is 6.15. The second-order valence-corrected chi connectivity index (χ2v) is 6.50. The van der Waals surface area contributed by atoms with Crippen molar-refractivity contribution in [3.8, 4) is 0 Å². The van der Waals surface area contributed by atoms with E-state index in [2.05, 4.69) is 10.3 Å². The molecular formula is C14H15N3O3S. The van der Waals surface area contributed by atoms with E-state index in [9.17, 15) is 13.2 Å². The van der Waals surface area contributed by atoms with Gasteiger partial charge in [-0.15, -0.1) is 0 Å². The van der Waals surface area contributed by atoms with Crippen LogP contribution in [0.5, 0.6) is 0 Å². The van der Waals surface area contributed by atoms with Crippen LogP contribution < -0.4 is 11.1 Å². The quantitative estimate of drug-likeness (QED) is 0.881. The normalized spacial score (nSPS) is 12.7. The Kier molecular flexibility index (Phi) is 4.35. The lowest BCUT2D eigenvalue weighted by Gasteiger charge is -2.12. The molecule has 7 heteroatoms. The maximum absolute atomic E-state index is 12.0. The Morgan fingerprint density at radius 1 is 1.19 bits per heavy atom. The second kappa shape index (κ2) is 6.02. The number of aromatic nitrogens is 1. The fourth-order valence-electron chi connectivity index (χ4n) is 1.71. The van der Waals surface area contributed by atoms with Gasteiger partial charge in [-0.25, -0.2) is 13.4 Å². The summed E-state index contributed by atoms with van der Waals surface area (Å²) in [7, 11) is -3.36. The van der Waals surface area contributed by atoms with Crippen molar-refractivity contribution in [2.45, 2.75) is 11.1 Å². The first-order chi connectivity index (χ1) is 9.88. The first kappa shape index (κ1) is 15.1. The van der Waals surface area contributed by atoms with Gasteiger partial charge in [0, 0.05) is 6.26 Å². The summed E-state index contributed by atoms with van der Waals surface area (Å²) < 4.78 is 22.6. The lowest BCUT2D eigenvalue weighted by molar-refractivity contribution is -0.117. The molecule has 0 saturated heterocycles. The van der Waals surface area contributed by atoms with Gasteiger partial charge in [0.15, 0.2) is 14.9 Å². The number of carbonyl (C=O) groups is 1. The molecule has 0 aliphatic carbocycles. The molecule has 1 aromatic heterocycles. The number of amides is 1. The van der Waals surface area contributed by atoms with Crippen LogP contribution in [0.3, 0.4) is 0 Å². The van der Waals surface area contributed by atoms with Gasteiger partial charge in [-0.1, -0.05) is 30.3 Å². The molecule has 1 amide bonds. The fraction of sp³-hybridized carbons (Fsp3) is 0.143. The van der Waals surface area contributed by atoms with E-state index in [1.165, 1.54) is 18.3 Å². The van der Waals surface area contributed by atoms with Crippen molar-refractivity contribution in [2.75, 3.05) is 11.6 Å². The van der Waals surface area contributed by atoms with Crippen LogP contribution in [0.4, 0.5) is 5.69 Å². The summed E-state index contributed by atoms with van der Waals surface area (Å²) in [5.41, 5.74) is 6.94. The summed E-state index contributed by atoms with van der Waals surface area (Å²) in [5, 5.41) is 2.55. The highest BCUT2D eigenvalue weighted by atomic mass is 32.2. The smallest absolute Gasteiger partial charge is 0.245 e. The highest BCUT2D eigenvalue weighted by Gasteiger charge is 2.16. The van der Waals surface area contributed by atoms with Crippen molar-refractivity contribution in [3.05, 3.63) is 54.2 Å². The van der Waals surface area contributed by atoms with Crippen LogP contribution in [-0.4, -0.2) is 25.6 Å². The van der Waals surface area contributed by atoms with Gasteiger partial charge < -0.3 is 11.1 Å². The largest absolute Gasteiger partial charge is 0.323 e. The maximum Gasteiger partial charge on any atom is 0.245 e. The van der Waals surface area contributed by atoms with Crippen molar-refractivity contribution >= 4 is 21.4 Å². The van der Waals surface area contributed by atoms with Crippen LogP contribution >= 0.6 is 0 Å². The minimum atomic E-state index is -3.36. The molecule has 1 atom stereocenters. The van der Waals surface area contributed by atoms with E-state index in [4.69, 9.17) is 5.73 Å². The van der Waals surface area contributed by atoms with E-state index in [0.717, 1.165) is 6.26 Å². The predicted molar refractivity (Wildman–Crippen MR) is 79.3 cm³/mol. The van der Waals surface area contributed by atoms with Gasteiger partial charge in [-0.05, 0) is 17.7 Å². The minimum Gasteiger partial charge on any atom is -0.323 e. The van der Waals surface area contributed by atoms with Crippen LogP contribution in [0.2, 0.25) is 0 Å². The number of carbonyl (C=O) groups excluding carboxylic acids is 1. The topological polar surface area (TPSA) is 102 Å². The molecule has 0 spiro atoms. The Morgan fingerprint density at radius 3 is 2.38 bits per heavy atom. The summed E-state index contributed by atoms with van der Waals surface area (Å²) in [6, 6.07) is 10.9. The molecule has 1 unspecified atom stereocenters. The summed E-state index contributed by atoms with van der Waals surface area (Å²) in [5.74, 6) is -0.393. The number of nitrogens with two attached hydrogens (primary N) is 1. The number of sulfone groups is 1. The van der Waals surface area contributed by atoms with Crippen LogP contribution in [0.25, 0.3) is 0 Å². The van der Waals surface area contributed by atoms with Gasteiger partial charge in [0.25, 0.3) is 0 Å². The monoisotopic (exact) mass is 305 g/mol. The van der Waals surface area contributed by atoms with E-state index in [-0.39, 0.29) is 5.03 Å². The Balaban J connectivity index is 2.10. The van der Waals surface area contributed by atoms with Crippen LogP contribution in [0.1, 0.15) is 11.6 Å². The lowest BCUT2D eigenvalue weighted by atomic mass is 10.1. The van der Waals surface area contributed by atoms with Gasteiger partial charge in [0.2, 0.25) is 5.91 Å². The standard InChI is InChI=1S/C14H15N3O3S/c1-21(19,20)12-8-7-11(9-16-12)17-14(18)13(15)10-5-3-2-4-6-10/h2-9,13H,15H2,1H3,(H,17,18). The number of nitrogens with one attached hydrogen (secondary N) is 1. The Morgan fingerprint density at radius 2 is 1.86 bits per heavy atom. The molecule has 0 fully saturated rings. The molecule has 0 aliphatic rings. The second-order valence-electron chi connectivity index (χ2n) is 4.53. The number of pyridine rings is 1. The molecule has 1 aromatic carbocycles. The molecule has 2 rings (SSSR count). The zero-order valence-corrected chi connectivity index (χ0v) is 12.2. The van der Waals surface area contributed by atoms with Crippen LogP contribution in [0.15, 0.2) is 53.7 Å². The summed E-state index contributed by atoms with van der Waals surface area (Å²) in [4.78, 5) is 15.8. The third-order valence-corrected chi connectivity index (χ3v) is 3.83. The first-order valence-corrected chi connectivity index (χ1v) is 8.04. The van der Waals surface area contributed by atoms with Gasteiger partial charge in [-0.2, -0.15) is 0 Å². The molecule has 1 heterocycles. The molecule has 3 N–H and O–H groups in total. The van der Waals surface area contributed by atoms with E-state index in [1.807, 2.05) is 6.07 Å². The van der Waals surface area contributed by atoms with Crippen molar-refractivity contribution in [1.82, 2.24) is 4.98 Å². The molecule has 21 heavy (non-hydrogen) atoms. The Bertz CT molecular complexity index is 728. The van der Waals surface area contributed by atoms with Crippen molar-refractivity contribution < 1.29 is 13.2 Å². The molecule has 6 nitrogen and oxygen atoms in total.